The Labute approximate surface area is 180 Å². The van der Waals surface area contributed by atoms with Crippen molar-refractivity contribution in [3.8, 4) is 0 Å². The predicted octanol–water partition coefficient (Wildman–Crippen LogP) is 6.36. The fraction of sp³-hybridized carbons (Fsp3) is 0.958. The van der Waals surface area contributed by atoms with Gasteiger partial charge < -0.3 is 4.90 Å². The van der Waals surface area contributed by atoms with Gasteiger partial charge in [-0.2, -0.15) is 11.8 Å². The monoisotopic (exact) mass is 412 g/mol. The summed E-state index contributed by atoms with van der Waals surface area (Å²) >= 11 is 2.04. The summed E-state index contributed by atoms with van der Waals surface area (Å²) in [4.78, 5) is 18.2. The molecule has 1 amide bonds. The van der Waals surface area contributed by atoms with E-state index in [0.29, 0.717) is 5.91 Å². The first-order valence-electron chi connectivity index (χ1n) is 12.3. The van der Waals surface area contributed by atoms with E-state index in [1.54, 1.807) is 0 Å². The van der Waals surface area contributed by atoms with E-state index in [1.807, 2.05) is 11.8 Å². The highest BCUT2D eigenvalue weighted by Gasteiger charge is 2.30. The molecule has 1 fully saturated rings. The van der Waals surface area contributed by atoms with Crippen molar-refractivity contribution >= 4 is 17.7 Å². The van der Waals surface area contributed by atoms with Crippen molar-refractivity contribution in [2.75, 3.05) is 37.7 Å². The van der Waals surface area contributed by atoms with Gasteiger partial charge in [-0.1, -0.05) is 85.0 Å². The Morgan fingerprint density at radius 2 is 1.29 bits per heavy atom. The molecule has 1 rings (SSSR count). The highest BCUT2D eigenvalue weighted by Crippen LogP contribution is 2.20. The summed E-state index contributed by atoms with van der Waals surface area (Å²) in [7, 11) is 0. The molecule has 0 bridgehead atoms. The van der Waals surface area contributed by atoms with Gasteiger partial charge in [-0.15, -0.1) is 0 Å². The summed E-state index contributed by atoms with van der Waals surface area (Å²) in [6.45, 7) is 10.8. The molecule has 1 atom stereocenters. The summed E-state index contributed by atoms with van der Waals surface area (Å²) in [6, 6.07) is 0.134. The van der Waals surface area contributed by atoms with E-state index in [0.717, 1.165) is 45.4 Å². The zero-order valence-corrected chi connectivity index (χ0v) is 20.0. The number of amides is 1. The SMILES string of the molecule is CCCCCCCCCCC(C(=O)N(CCCC)CCCC)N1CCSCC1. The van der Waals surface area contributed by atoms with Crippen molar-refractivity contribution in [2.45, 2.75) is 110 Å². The van der Waals surface area contributed by atoms with Gasteiger partial charge in [-0.3, -0.25) is 9.69 Å². The van der Waals surface area contributed by atoms with Gasteiger partial charge in [-0.25, -0.2) is 0 Å². The fourth-order valence-corrected chi connectivity index (χ4v) is 5.00. The van der Waals surface area contributed by atoms with E-state index >= 15 is 0 Å². The van der Waals surface area contributed by atoms with Crippen LogP contribution in [0.4, 0.5) is 0 Å². The second-order valence-electron chi connectivity index (χ2n) is 8.46. The molecule has 0 N–H and O–H groups in total. The van der Waals surface area contributed by atoms with Crippen LogP contribution in [0.2, 0.25) is 0 Å². The highest BCUT2D eigenvalue weighted by molar-refractivity contribution is 7.99. The maximum atomic E-state index is 13.5. The number of nitrogens with zero attached hydrogens (tertiary/aromatic N) is 2. The third kappa shape index (κ3) is 11.1. The Bertz CT molecular complexity index is 364. The number of hydrogen-bond acceptors (Lipinski definition) is 3. The summed E-state index contributed by atoms with van der Waals surface area (Å²) in [6.07, 6.45) is 16.4. The van der Waals surface area contributed by atoms with Crippen LogP contribution in [0.15, 0.2) is 0 Å². The van der Waals surface area contributed by atoms with Crippen LogP contribution >= 0.6 is 11.8 Å². The number of rotatable bonds is 17. The van der Waals surface area contributed by atoms with Gasteiger partial charge in [0.2, 0.25) is 5.91 Å². The zero-order chi connectivity index (χ0) is 20.5. The van der Waals surface area contributed by atoms with E-state index in [9.17, 15) is 4.79 Å². The molecule has 4 heteroatoms. The maximum Gasteiger partial charge on any atom is 0.239 e. The van der Waals surface area contributed by atoms with Gasteiger partial charge in [-0.05, 0) is 19.3 Å². The summed E-state index contributed by atoms with van der Waals surface area (Å²) in [5, 5.41) is 0. The van der Waals surface area contributed by atoms with Crippen molar-refractivity contribution in [3.05, 3.63) is 0 Å². The van der Waals surface area contributed by atoms with Gasteiger partial charge in [0.1, 0.15) is 0 Å². The molecule has 0 saturated carbocycles. The lowest BCUT2D eigenvalue weighted by atomic mass is 10.0. The first kappa shape index (κ1) is 25.8. The molecule has 166 valence electrons. The molecule has 0 aromatic heterocycles. The number of hydrogen-bond donors (Lipinski definition) is 0. The van der Waals surface area contributed by atoms with Crippen molar-refractivity contribution in [1.82, 2.24) is 9.80 Å². The fourth-order valence-electron chi connectivity index (χ4n) is 4.06. The van der Waals surface area contributed by atoms with E-state index < -0.39 is 0 Å². The molecule has 3 nitrogen and oxygen atoms in total. The van der Waals surface area contributed by atoms with E-state index in [2.05, 4.69) is 30.6 Å². The lowest BCUT2D eigenvalue weighted by Gasteiger charge is -2.37. The normalized spacial score (nSPS) is 16.2. The standard InChI is InChI=1S/C24H48N2OS/c1-4-7-10-11-12-13-14-15-16-23(25-19-21-28-22-20-25)24(27)26(17-8-5-2)18-9-6-3/h23H,4-22H2,1-3H3. The molecule has 28 heavy (non-hydrogen) atoms. The van der Waals surface area contributed by atoms with Crippen LogP contribution in [0.3, 0.4) is 0 Å². The molecular weight excluding hydrogens is 364 g/mol. The van der Waals surface area contributed by atoms with E-state index in [1.165, 1.54) is 75.7 Å². The van der Waals surface area contributed by atoms with Crippen LogP contribution < -0.4 is 0 Å². The van der Waals surface area contributed by atoms with Gasteiger partial charge in [0.25, 0.3) is 0 Å². The van der Waals surface area contributed by atoms with Gasteiger partial charge in [0.15, 0.2) is 0 Å². The van der Waals surface area contributed by atoms with Gasteiger partial charge in [0.05, 0.1) is 6.04 Å². The molecule has 1 heterocycles. The number of thioether (sulfide) groups is 1. The minimum atomic E-state index is 0.134. The number of carbonyl (C=O) groups excluding carboxylic acids is 1. The number of unbranched alkanes of at least 4 members (excludes halogenated alkanes) is 9. The van der Waals surface area contributed by atoms with E-state index in [-0.39, 0.29) is 6.04 Å². The third-order valence-electron chi connectivity index (χ3n) is 5.98. The first-order chi connectivity index (χ1) is 13.7. The van der Waals surface area contributed by atoms with Crippen LogP contribution in [0.5, 0.6) is 0 Å². The molecule has 1 unspecified atom stereocenters. The van der Waals surface area contributed by atoms with Crippen LogP contribution in [0, 0.1) is 0 Å². The van der Waals surface area contributed by atoms with Crippen molar-refractivity contribution < 1.29 is 4.79 Å². The second kappa shape index (κ2) is 17.6. The second-order valence-corrected chi connectivity index (χ2v) is 9.68. The van der Waals surface area contributed by atoms with Crippen molar-refractivity contribution in [3.63, 3.8) is 0 Å². The summed E-state index contributed by atoms with van der Waals surface area (Å²) in [5.74, 6) is 2.80. The molecule has 0 aromatic carbocycles. The summed E-state index contributed by atoms with van der Waals surface area (Å²) in [5.41, 5.74) is 0. The lowest BCUT2D eigenvalue weighted by molar-refractivity contribution is -0.137. The van der Waals surface area contributed by atoms with Crippen LogP contribution in [0.25, 0.3) is 0 Å². The molecule has 0 spiro atoms. The Balaban J connectivity index is 2.53. The van der Waals surface area contributed by atoms with Crippen molar-refractivity contribution in [1.29, 1.82) is 0 Å². The molecule has 0 aromatic rings. The molecule has 1 aliphatic heterocycles. The third-order valence-corrected chi connectivity index (χ3v) is 6.92. The Morgan fingerprint density at radius 1 is 0.786 bits per heavy atom. The minimum absolute atomic E-state index is 0.134. The van der Waals surface area contributed by atoms with Crippen molar-refractivity contribution in [2.24, 2.45) is 0 Å². The quantitative estimate of drug-likeness (QED) is 0.260. The Morgan fingerprint density at radius 3 is 1.82 bits per heavy atom. The first-order valence-corrected chi connectivity index (χ1v) is 13.5. The minimum Gasteiger partial charge on any atom is -0.341 e. The predicted molar refractivity (Wildman–Crippen MR) is 126 cm³/mol. The lowest BCUT2D eigenvalue weighted by Crippen LogP contribution is -2.51. The molecule has 1 saturated heterocycles. The zero-order valence-electron chi connectivity index (χ0n) is 19.2. The van der Waals surface area contributed by atoms with Gasteiger partial charge in [0, 0.05) is 37.7 Å². The van der Waals surface area contributed by atoms with Gasteiger partial charge >= 0.3 is 0 Å². The average molecular weight is 413 g/mol. The van der Waals surface area contributed by atoms with E-state index in [4.69, 9.17) is 0 Å². The van der Waals surface area contributed by atoms with Crippen LogP contribution in [0.1, 0.15) is 104 Å². The van der Waals surface area contributed by atoms with Crippen LogP contribution in [-0.4, -0.2) is 59.4 Å². The molecular formula is C24H48N2OS. The summed E-state index contributed by atoms with van der Waals surface area (Å²) < 4.78 is 0. The topological polar surface area (TPSA) is 23.6 Å². The molecule has 0 radical (unpaired) electrons. The Kier molecular flexibility index (Phi) is 16.2. The maximum absolute atomic E-state index is 13.5. The smallest absolute Gasteiger partial charge is 0.239 e. The highest BCUT2D eigenvalue weighted by atomic mass is 32.2. The average Bonchev–Trinajstić information content (AvgIpc) is 2.73. The molecule has 1 aliphatic rings. The molecule has 0 aliphatic carbocycles. The largest absolute Gasteiger partial charge is 0.341 e. The Hall–Kier alpha value is -0.220. The number of carbonyl (C=O) groups is 1. The van der Waals surface area contributed by atoms with Crippen LogP contribution in [-0.2, 0) is 4.79 Å².